The van der Waals surface area contributed by atoms with E-state index in [-0.39, 0.29) is 12.1 Å². The number of carbonyl (C=O) groups is 2. The van der Waals surface area contributed by atoms with Gasteiger partial charge in [-0.1, -0.05) is 43.3 Å². The van der Waals surface area contributed by atoms with Crippen molar-refractivity contribution in [3.05, 3.63) is 83.2 Å². The molecule has 2 amide bonds. The van der Waals surface area contributed by atoms with Crippen LogP contribution in [0.5, 0.6) is 0 Å². The van der Waals surface area contributed by atoms with Gasteiger partial charge < -0.3 is 10.0 Å². The van der Waals surface area contributed by atoms with Crippen LogP contribution in [0, 0.1) is 19.7 Å². The monoisotopic (exact) mass is 432 g/mol. The van der Waals surface area contributed by atoms with Crippen molar-refractivity contribution < 1.29 is 19.1 Å². The third kappa shape index (κ3) is 3.73. The number of fused-ring (bicyclic) bond motifs is 1. The Morgan fingerprint density at radius 3 is 2.22 bits per heavy atom. The van der Waals surface area contributed by atoms with Crippen molar-refractivity contribution in [2.24, 2.45) is 0 Å². The summed E-state index contributed by atoms with van der Waals surface area (Å²) in [5.41, 5.74) is 4.31. The molecule has 1 N–H and O–H groups in total. The molecule has 0 bridgehead atoms. The van der Waals surface area contributed by atoms with Gasteiger partial charge in [0.15, 0.2) is 0 Å². The van der Waals surface area contributed by atoms with E-state index in [4.69, 9.17) is 0 Å². The smallest absolute Gasteiger partial charge is 0.412 e. The van der Waals surface area contributed by atoms with Gasteiger partial charge in [-0.2, -0.15) is 0 Å². The van der Waals surface area contributed by atoms with Crippen LogP contribution in [0.25, 0.3) is 11.1 Å². The van der Waals surface area contributed by atoms with Crippen LogP contribution in [-0.4, -0.2) is 29.7 Å². The van der Waals surface area contributed by atoms with E-state index in [9.17, 15) is 14.7 Å². The maximum absolute atomic E-state index is 15.1. The molecule has 1 unspecified atom stereocenters. The summed E-state index contributed by atoms with van der Waals surface area (Å²) >= 11 is 0. The lowest BCUT2D eigenvalue weighted by atomic mass is 9.98. The molecule has 0 saturated carbocycles. The maximum atomic E-state index is 15.1. The number of halogens is 1. The number of anilines is 2. The molecule has 0 aromatic heterocycles. The quantitative estimate of drug-likeness (QED) is 0.549. The van der Waals surface area contributed by atoms with E-state index >= 15 is 4.39 Å². The van der Waals surface area contributed by atoms with Crippen molar-refractivity contribution in [2.45, 2.75) is 33.2 Å². The van der Waals surface area contributed by atoms with Gasteiger partial charge in [0.1, 0.15) is 5.82 Å². The Labute approximate surface area is 186 Å². The first-order chi connectivity index (χ1) is 15.3. The Morgan fingerprint density at radius 1 is 0.969 bits per heavy atom. The molecule has 1 atom stereocenters. The van der Waals surface area contributed by atoms with E-state index in [0.717, 1.165) is 16.7 Å². The Bertz CT molecular complexity index is 1190. The second kappa shape index (κ2) is 8.46. The minimum atomic E-state index is -1.06. The predicted molar refractivity (Wildman–Crippen MR) is 124 cm³/mol. The summed E-state index contributed by atoms with van der Waals surface area (Å²) in [7, 11) is 0. The summed E-state index contributed by atoms with van der Waals surface area (Å²) < 4.78 is 15.1. The van der Waals surface area contributed by atoms with Gasteiger partial charge in [-0.15, -0.1) is 0 Å². The van der Waals surface area contributed by atoms with Crippen molar-refractivity contribution >= 4 is 23.4 Å². The van der Waals surface area contributed by atoms with Gasteiger partial charge in [-0.3, -0.25) is 9.69 Å². The summed E-state index contributed by atoms with van der Waals surface area (Å²) in [4.78, 5) is 28.3. The van der Waals surface area contributed by atoms with Crippen LogP contribution in [0.15, 0.2) is 60.7 Å². The van der Waals surface area contributed by atoms with Crippen LogP contribution in [0.2, 0.25) is 0 Å². The average molecular weight is 432 g/mol. The van der Waals surface area contributed by atoms with Crippen LogP contribution in [0.1, 0.15) is 34.8 Å². The normalized spacial score (nSPS) is 15.4. The molecule has 32 heavy (non-hydrogen) atoms. The molecular formula is C26H25FN2O3. The molecule has 6 heteroatoms. The van der Waals surface area contributed by atoms with Crippen LogP contribution < -0.4 is 9.80 Å². The number of aryl methyl sites for hydroxylation is 2. The fraction of sp³-hybridized carbons (Fsp3) is 0.231. The second-order valence-corrected chi connectivity index (χ2v) is 8.12. The first-order valence-electron chi connectivity index (χ1n) is 10.6. The van der Waals surface area contributed by atoms with E-state index < -0.39 is 23.9 Å². The van der Waals surface area contributed by atoms with Gasteiger partial charge in [0.05, 0.1) is 23.0 Å². The number of benzene rings is 3. The van der Waals surface area contributed by atoms with E-state index in [1.54, 1.807) is 18.2 Å². The van der Waals surface area contributed by atoms with Crippen LogP contribution >= 0.6 is 0 Å². The minimum Gasteiger partial charge on any atom is -0.465 e. The zero-order chi connectivity index (χ0) is 23.0. The van der Waals surface area contributed by atoms with Gasteiger partial charge >= 0.3 is 6.09 Å². The molecule has 5 nitrogen and oxygen atoms in total. The lowest BCUT2D eigenvalue weighted by Crippen LogP contribution is -2.53. The molecule has 0 radical (unpaired) electrons. The van der Waals surface area contributed by atoms with Crippen LogP contribution in [0.4, 0.5) is 20.6 Å². The summed E-state index contributed by atoms with van der Waals surface area (Å²) in [6.45, 7) is 5.85. The Kier molecular flexibility index (Phi) is 5.70. The van der Waals surface area contributed by atoms with Gasteiger partial charge in [-0.05, 0) is 66.8 Å². The number of nitrogens with zero attached hydrogens (tertiary/aromatic N) is 2. The van der Waals surface area contributed by atoms with E-state index in [2.05, 4.69) is 0 Å². The number of amides is 2. The number of carbonyl (C=O) groups excluding carboxylic acids is 1. The first-order valence-corrected chi connectivity index (χ1v) is 10.6. The maximum Gasteiger partial charge on any atom is 0.412 e. The lowest BCUT2D eigenvalue weighted by Gasteiger charge is -2.41. The van der Waals surface area contributed by atoms with Gasteiger partial charge in [0, 0.05) is 6.54 Å². The zero-order valence-corrected chi connectivity index (χ0v) is 18.3. The highest BCUT2D eigenvalue weighted by Gasteiger charge is 2.37. The summed E-state index contributed by atoms with van der Waals surface area (Å²) in [5.74, 6) is -1.08. The molecular weight excluding hydrogens is 407 g/mol. The highest BCUT2D eigenvalue weighted by atomic mass is 19.1. The Morgan fingerprint density at radius 2 is 1.62 bits per heavy atom. The number of hydrogen-bond donors (Lipinski definition) is 1. The van der Waals surface area contributed by atoms with E-state index in [0.29, 0.717) is 23.4 Å². The van der Waals surface area contributed by atoms with Gasteiger partial charge in [-0.25, -0.2) is 9.18 Å². The minimum absolute atomic E-state index is 0.0347. The van der Waals surface area contributed by atoms with Crippen LogP contribution in [0.3, 0.4) is 0 Å². The molecule has 3 aromatic carbocycles. The second-order valence-electron chi connectivity index (χ2n) is 8.12. The molecule has 0 fully saturated rings. The first kappa shape index (κ1) is 21.6. The van der Waals surface area contributed by atoms with Gasteiger partial charge in [0.2, 0.25) is 0 Å². The molecule has 1 aliphatic heterocycles. The number of hydrogen-bond acceptors (Lipinski definition) is 2. The van der Waals surface area contributed by atoms with E-state index in [1.165, 1.54) is 21.9 Å². The van der Waals surface area contributed by atoms with Crippen molar-refractivity contribution in [1.29, 1.82) is 0 Å². The summed E-state index contributed by atoms with van der Waals surface area (Å²) in [6.07, 6.45) is -0.537. The number of rotatable bonds is 3. The molecule has 0 saturated heterocycles. The van der Waals surface area contributed by atoms with Crippen molar-refractivity contribution in [3.63, 3.8) is 0 Å². The SMILES string of the molecule is CCC1CN(C(=O)c2ccc(-c3ccccc3)cc2F)c2cc(C)c(C)cc2N1C(=O)O. The molecule has 164 valence electrons. The fourth-order valence-corrected chi connectivity index (χ4v) is 4.19. The third-order valence-electron chi connectivity index (χ3n) is 6.13. The number of carboxylic acid groups (broad SMARTS) is 1. The van der Waals surface area contributed by atoms with E-state index in [1.807, 2.05) is 51.1 Å². The highest BCUT2D eigenvalue weighted by molar-refractivity contribution is 6.10. The Hall–Kier alpha value is -3.67. The van der Waals surface area contributed by atoms with Crippen molar-refractivity contribution in [1.82, 2.24) is 0 Å². The Balaban J connectivity index is 1.78. The molecule has 0 spiro atoms. The van der Waals surface area contributed by atoms with Crippen molar-refractivity contribution in [2.75, 3.05) is 16.3 Å². The summed E-state index contributed by atoms with van der Waals surface area (Å²) in [6, 6.07) is 17.2. The van der Waals surface area contributed by atoms with Gasteiger partial charge in [0.25, 0.3) is 5.91 Å². The predicted octanol–water partition coefficient (Wildman–Crippen LogP) is 6.03. The fourth-order valence-electron chi connectivity index (χ4n) is 4.19. The molecule has 3 aromatic rings. The molecule has 1 aliphatic rings. The molecule has 1 heterocycles. The lowest BCUT2D eigenvalue weighted by molar-refractivity contribution is 0.0978. The van der Waals surface area contributed by atoms with Crippen LogP contribution in [-0.2, 0) is 0 Å². The topological polar surface area (TPSA) is 60.9 Å². The largest absolute Gasteiger partial charge is 0.465 e. The molecule has 0 aliphatic carbocycles. The highest BCUT2D eigenvalue weighted by Crippen LogP contribution is 2.39. The third-order valence-corrected chi connectivity index (χ3v) is 6.13. The standard InChI is InChI=1S/C26H25FN2O3/c1-4-20-15-28(23-12-16(2)17(3)13-24(23)29(20)26(31)32)25(30)21-11-10-19(14-22(21)27)18-8-6-5-7-9-18/h5-14,20H,4,15H2,1-3H3,(H,31,32). The summed E-state index contributed by atoms with van der Waals surface area (Å²) in [5, 5.41) is 9.83. The molecule has 4 rings (SSSR count). The average Bonchev–Trinajstić information content (AvgIpc) is 2.78. The van der Waals surface area contributed by atoms with Crippen molar-refractivity contribution in [3.8, 4) is 11.1 Å². The zero-order valence-electron chi connectivity index (χ0n) is 18.3.